The minimum absolute atomic E-state index is 0.0148. The Morgan fingerprint density at radius 3 is 3.00 bits per heavy atom. The zero-order valence-electron chi connectivity index (χ0n) is 14.9. The number of rotatable bonds is 3. The van der Waals surface area contributed by atoms with Gasteiger partial charge in [0.15, 0.2) is 0 Å². The van der Waals surface area contributed by atoms with Gasteiger partial charge in [-0.1, -0.05) is 6.07 Å². The minimum atomic E-state index is -0.438. The molecule has 2 fully saturated rings. The lowest BCUT2D eigenvalue weighted by atomic mass is 9.90. The number of ether oxygens (including phenoxy) is 1. The van der Waals surface area contributed by atoms with E-state index >= 15 is 0 Å². The highest BCUT2D eigenvalue weighted by Gasteiger charge is 2.42. The number of piperidine rings is 1. The third-order valence-electron chi connectivity index (χ3n) is 4.80. The third kappa shape index (κ3) is 4.11. The average Bonchev–Trinajstić information content (AvgIpc) is 2.66. The van der Waals surface area contributed by atoms with Gasteiger partial charge in [-0.05, 0) is 25.0 Å². The normalized spacial score (nSPS) is 22.8. The third-order valence-corrected chi connectivity index (χ3v) is 4.80. The molecule has 1 aromatic heterocycles. The molecular weight excluding hydrogens is 334 g/mol. The van der Waals surface area contributed by atoms with Crippen LogP contribution in [0.4, 0.5) is 5.82 Å². The van der Waals surface area contributed by atoms with Crippen LogP contribution in [0.15, 0.2) is 18.2 Å². The number of hydrogen-bond acceptors (Lipinski definition) is 6. The molecule has 8 heteroatoms. The molecule has 2 aliphatic heterocycles. The number of carbonyl (C=O) groups is 2. The van der Waals surface area contributed by atoms with Crippen LogP contribution in [0.25, 0.3) is 0 Å². The Balaban J connectivity index is 1.69. The second-order valence-corrected chi connectivity index (χ2v) is 6.77. The van der Waals surface area contributed by atoms with Crippen molar-refractivity contribution < 1.29 is 14.3 Å². The van der Waals surface area contributed by atoms with E-state index in [1.807, 2.05) is 12.1 Å². The molecule has 3 heterocycles. The maximum Gasteiger partial charge on any atom is 0.242 e. The molecule has 8 nitrogen and oxygen atoms in total. The van der Waals surface area contributed by atoms with E-state index in [4.69, 9.17) is 10.00 Å². The standard InChI is InChI=1S/C18H23N5O3/c1-14(24)20-11-17(25)23-8-9-26-18(13-23)6-3-7-22(12-18)16-5-2-4-15(10-19)21-16/h2,4-5H,3,6-9,11-13H2,1H3,(H,20,24)/t18-/m1/s1. The summed E-state index contributed by atoms with van der Waals surface area (Å²) in [4.78, 5) is 31.7. The van der Waals surface area contributed by atoms with Gasteiger partial charge in [0.25, 0.3) is 0 Å². The van der Waals surface area contributed by atoms with Crippen LogP contribution in [0.1, 0.15) is 25.5 Å². The Labute approximate surface area is 152 Å². The van der Waals surface area contributed by atoms with Crippen molar-refractivity contribution in [3.63, 3.8) is 0 Å². The van der Waals surface area contributed by atoms with Crippen molar-refractivity contribution in [3.8, 4) is 6.07 Å². The van der Waals surface area contributed by atoms with E-state index in [9.17, 15) is 9.59 Å². The zero-order valence-corrected chi connectivity index (χ0v) is 14.9. The summed E-state index contributed by atoms with van der Waals surface area (Å²) in [6, 6.07) is 7.47. The molecular formula is C18H23N5O3. The molecule has 0 bridgehead atoms. The SMILES string of the molecule is CC(=O)NCC(=O)N1CCO[C@@]2(CCCN(c3cccc(C#N)n3)C2)C1. The summed E-state index contributed by atoms with van der Waals surface area (Å²) >= 11 is 0. The topological polar surface area (TPSA) is 98.6 Å². The van der Waals surface area contributed by atoms with Gasteiger partial charge in [0.05, 0.1) is 26.2 Å². The van der Waals surface area contributed by atoms with Crippen molar-refractivity contribution in [1.82, 2.24) is 15.2 Å². The highest BCUT2D eigenvalue weighted by molar-refractivity contribution is 5.83. The molecule has 26 heavy (non-hydrogen) atoms. The number of carbonyl (C=O) groups excluding carboxylic acids is 2. The lowest BCUT2D eigenvalue weighted by Gasteiger charge is -2.48. The zero-order chi connectivity index (χ0) is 18.6. The van der Waals surface area contributed by atoms with E-state index < -0.39 is 5.60 Å². The highest BCUT2D eigenvalue weighted by Crippen LogP contribution is 2.31. The molecule has 1 aromatic rings. The summed E-state index contributed by atoms with van der Waals surface area (Å²) in [6.07, 6.45) is 1.79. The summed E-state index contributed by atoms with van der Waals surface area (Å²) in [5, 5.41) is 11.6. The largest absolute Gasteiger partial charge is 0.369 e. The Hall–Kier alpha value is -2.66. The van der Waals surface area contributed by atoms with Gasteiger partial charge in [-0.2, -0.15) is 5.26 Å². The predicted octanol–water partition coefficient (Wildman–Crippen LogP) is 0.287. The number of morpholine rings is 1. The molecule has 1 N–H and O–H groups in total. The monoisotopic (exact) mass is 357 g/mol. The van der Waals surface area contributed by atoms with Crippen LogP contribution < -0.4 is 10.2 Å². The average molecular weight is 357 g/mol. The minimum Gasteiger partial charge on any atom is -0.369 e. The number of hydrogen-bond donors (Lipinski definition) is 1. The fraction of sp³-hybridized carbons (Fsp3) is 0.556. The first-order valence-electron chi connectivity index (χ1n) is 8.80. The van der Waals surface area contributed by atoms with E-state index in [0.717, 1.165) is 25.2 Å². The number of nitriles is 1. The highest BCUT2D eigenvalue weighted by atomic mass is 16.5. The summed E-state index contributed by atoms with van der Waals surface area (Å²) in [5.74, 6) is 0.451. The van der Waals surface area contributed by atoms with Crippen molar-refractivity contribution in [3.05, 3.63) is 23.9 Å². The van der Waals surface area contributed by atoms with Crippen LogP contribution in [-0.4, -0.2) is 66.6 Å². The Bertz CT molecular complexity index is 728. The van der Waals surface area contributed by atoms with Gasteiger partial charge in [-0.3, -0.25) is 9.59 Å². The van der Waals surface area contributed by atoms with Crippen molar-refractivity contribution in [1.29, 1.82) is 5.26 Å². The number of amides is 2. The smallest absolute Gasteiger partial charge is 0.242 e. The van der Waals surface area contributed by atoms with Crippen molar-refractivity contribution in [2.45, 2.75) is 25.4 Å². The quantitative estimate of drug-likeness (QED) is 0.835. The lowest BCUT2D eigenvalue weighted by Crippen LogP contribution is -2.61. The summed E-state index contributed by atoms with van der Waals surface area (Å²) in [6.45, 7) is 4.38. The second kappa shape index (κ2) is 7.70. The van der Waals surface area contributed by atoms with E-state index in [1.165, 1.54) is 6.92 Å². The number of anilines is 1. The molecule has 0 radical (unpaired) electrons. The molecule has 3 rings (SSSR count). The van der Waals surface area contributed by atoms with Crippen molar-refractivity contribution in [2.24, 2.45) is 0 Å². The Morgan fingerprint density at radius 2 is 2.23 bits per heavy atom. The fourth-order valence-electron chi connectivity index (χ4n) is 3.57. The van der Waals surface area contributed by atoms with Crippen molar-refractivity contribution >= 4 is 17.6 Å². The lowest BCUT2D eigenvalue weighted by molar-refractivity contribution is -0.151. The van der Waals surface area contributed by atoms with Gasteiger partial charge in [0.2, 0.25) is 11.8 Å². The number of nitrogens with zero attached hydrogens (tertiary/aromatic N) is 4. The second-order valence-electron chi connectivity index (χ2n) is 6.77. The number of nitrogens with one attached hydrogen (secondary N) is 1. The van der Waals surface area contributed by atoms with E-state index in [0.29, 0.717) is 31.9 Å². The van der Waals surface area contributed by atoms with Crippen LogP contribution in [0, 0.1) is 11.3 Å². The molecule has 1 spiro atoms. The summed E-state index contributed by atoms with van der Waals surface area (Å²) in [5.41, 5.74) is -0.0500. The Morgan fingerprint density at radius 1 is 1.38 bits per heavy atom. The van der Waals surface area contributed by atoms with Gasteiger partial charge in [0.1, 0.15) is 23.2 Å². The molecule has 0 aliphatic carbocycles. The summed E-state index contributed by atoms with van der Waals surface area (Å²) < 4.78 is 6.11. The molecule has 2 saturated heterocycles. The fourth-order valence-corrected chi connectivity index (χ4v) is 3.57. The first-order valence-corrected chi connectivity index (χ1v) is 8.80. The molecule has 0 aromatic carbocycles. The van der Waals surface area contributed by atoms with Gasteiger partial charge in [-0.25, -0.2) is 4.98 Å². The van der Waals surface area contributed by atoms with Gasteiger partial charge in [0, 0.05) is 20.0 Å². The molecule has 2 amide bonds. The molecule has 2 aliphatic rings. The Kier molecular flexibility index (Phi) is 5.38. The molecule has 0 saturated carbocycles. The number of aromatic nitrogens is 1. The first-order chi connectivity index (χ1) is 12.5. The molecule has 0 unspecified atom stereocenters. The number of pyridine rings is 1. The first kappa shape index (κ1) is 18.1. The maximum absolute atomic E-state index is 12.4. The van der Waals surface area contributed by atoms with Crippen LogP contribution in [0.2, 0.25) is 0 Å². The van der Waals surface area contributed by atoms with Crippen LogP contribution in [0.5, 0.6) is 0 Å². The van der Waals surface area contributed by atoms with Crippen LogP contribution in [0.3, 0.4) is 0 Å². The van der Waals surface area contributed by atoms with Gasteiger partial charge >= 0.3 is 0 Å². The van der Waals surface area contributed by atoms with Crippen LogP contribution in [-0.2, 0) is 14.3 Å². The van der Waals surface area contributed by atoms with Crippen LogP contribution >= 0.6 is 0 Å². The van der Waals surface area contributed by atoms with Crippen molar-refractivity contribution in [2.75, 3.05) is 44.2 Å². The maximum atomic E-state index is 12.4. The van der Waals surface area contributed by atoms with Gasteiger partial charge in [-0.15, -0.1) is 0 Å². The van der Waals surface area contributed by atoms with Gasteiger partial charge < -0.3 is 19.9 Å². The summed E-state index contributed by atoms with van der Waals surface area (Å²) in [7, 11) is 0. The van der Waals surface area contributed by atoms with E-state index in [-0.39, 0.29) is 18.4 Å². The van der Waals surface area contributed by atoms with E-state index in [2.05, 4.69) is 21.3 Å². The molecule has 1 atom stereocenters. The van der Waals surface area contributed by atoms with E-state index in [1.54, 1.807) is 11.0 Å². The predicted molar refractivity (Wildman–Crippen MR) is 94.3 cm³/mol. The molecule has 138 valence electrons.